The normalized spacial score (nSPS) is 12.2. The molecule has 0 aliphatic carbocycles. The van der Waals surface area contributed by atoms with E-state index in [0.717, 1.165) is 5.56 Å². The first-order valence-electron chi connectivity index (χ1n) is 7.49. The van der Waals surface area contributed by atoms with Crippen LogP contribution >= 0.6 is 0 Å². The summed E-state index contributed by atoms with van der Waals surface area (Å²) < 4.78 is 6.59. The van der Waals surface area contributed by atoms with E-state index in [1.165, 1.54) is 7.11 Å². The third-order valence-corrected chi connectivity index (χ3v) is 3.72. The number of esters is 1. The molecule has 1 N–H and O–H groups in total. The monoisotopic (exact) mass is 315 g/mol. The predicted molar refractivity (Wildman–Crippen MR) is 86.5 cm³/mol. The zero-order valence-corrected chi connectivity index (χ0v) is 13.5. The van der Waals surface area contributed by atoms with Gasteiger partial charge in [-0.05, 0) is 23.8 Å². The topological polar surface area (TPSA) is 68.5 Å². The van der Waals surface area contributed by atoms with E-state index in [1.54, 1.807) is 47.3 Å². The molecule has 0 amide bonds. The second-order valence-corrected chi connectivity index (χ2v) is 5.78. The van der Waals surface area contributed by atoms with Gasteiger partial charge in [-0.1, -0.05) is 26.0 Å². The number of phenols is 1. The standard InChI is InChI=1S/C18H21NO4/c1-12(2)17(21)14-8-9-19(11-14)16(18(22)23-3)10-13-4-6-15(20)7-5-13/h4-9,11-12,16,20H,10H2,1-3H3/t16-/m0/s1. The highest BCUT2D eigenvalue weighted by atomic mass is 16.5. The van der Waals surface area contributed by atoms with Crippen molar-refractivity contribution in [1.29, 1.82) is 0 Å². The highest BCUT2D eigenvalue weighted by Gasteiger charge is 2.23. The largest absolute Gasteiger partial charge is 0.508 e. The van der Waals surface area contributed by atoms with E-state index in [2.05, 4.69) is 0 Å². The average molecular weight is 315 g/mol. The van der Waals surface area contributed by atoms with Crippen molar-refractivity contribution in [3.05, 3.63) is 53.9 Å². The summed E-state index contributed by atoms with van der Waals surface area (Å²) in [6.45, 7) is 3.68. The van der Waals surface area contributed by atoms with Gasteiger partial charge in [-0.15, -0.1) is 0 Å². The molecule has 122 valence electrons. The molecule has 23 heavy (non-hydrogen) atoms. The van der Waals surface area contributed by atoms with E-state index >= 15 is 0 Å². The molecule has 1 atom stereocenters. The molecule has 0 spiro atoms. The number of benzene rings is 1. The number of hydrogen-bond acceptors (Lipinski definition) is 4. The zero-order chi connectivity index (χ0) is 17.0. The number of aromatic nitrogens is 1. The number of Topliss-reactive ketones (excluding diaryl/α,β-unsaturated/α-hetero) is 1. The van der Waals surface area contributed by atoms with Crippen molar-refractivity contribution in [3.63, 3.8) is 0 Å². The maximum atomic E-state index is 12.1. The molecule has 0 radical (unpaired) electrons. The van der Waals surface area contributed by atoms with E-state index < -0.39 is 6.04 Å². The summed E-state index contributed by atoms with van der Waals surface area (Å²) in [5, 5.41) is 9.35. The minimum atomic E-state index is -0.557. The molecule has 1 heterocycles. The SMILES string of the molecule is COC(=O)[C@H](Cc1ccc(O)cc1)n1ccc(C(=O)C(C)C)c1. The smallest absolute Gasteiger partial charge is 0.329 e. The number of aromatic hydroxyl groups is 1. The highest BCUT2D eigenvalue weighted by Crippen LogP contribution is 2.20. The number of rotatable bonds is 6. The van der Waals surface area contributed by atoms with Crippen molar-refractivity contribution in [1.82, 2.24) is 4.57 Å². The van der Waals surface area contributed by atoms with Crippen LogP contribution in [0.3, 0.4) is 0 Å². The van der Waals surface area contributed by atoms with Crippen LogP contribution in [0.25, 0.3) is 0 Å². The van der Waals surface area contributed by atoms with Gasteiger partial charge in [-0.25, -0.2) is 4.79 Å². The maximum absolute atomic E-state index is 12.1. The Morgan fingerprint density at radius 3 is 2.39 bits per heavy atom. The zero-order valence-electron chi connectivity index (χ0n) is 13.5. The van der Waals surface area contributed by atoms with Crippen LogP contribution in [0.5, 0.6) is 5.75 Å². The molecular formula is C18H21NO4. The Labute approximate surface area is 135 Å². The van der Waals surface area contributed by atoms with Crippen LogP contribution in [0.4, 0.5) is 0 Å². The van der Waals surface area contributed by atoms with Crippen LogP contribution in [0.2, 0.25) is 0 Å². The Balaban J connectivity index is 2.27. The molecule has 5 nitrogen and oxygen atoms in total. The maximum Gasteiger partial charge on any atom is 0.329 e. The number of phenolic OH excluding ortho intramolecular Hbond substituents is 1. The fourth-order valence-electron chi connectivity index (χ4n) is 2.39. The van der Waals surface area contributed by atoms with E-state index in [-0.39, 0.29) is 23.4 Å². The second kappa shape index (κ2) is 7.13. The van der Waals surface area contributed by atoms with Crippen LogP contribution in [0, 0.1) is 5.92 Å². The first kappa shape index (κ1) is 16.8. The average Bonchev–Trinajstić information content (AvgIpc) is 3.02. The number of carbonyl (C=O) groups is 2. The lowest BCUT2D eigenvalue weighted by atomic mass is 10.0. The lowest BCUT2D eigenvalue weighted by Gasteiger charge is -2.16. The van der Waals surface area contributed by atoms with Crippen LogP contribution in [-0.2, 0) is 16.0 Å². The Morgan fingerprint density at radius 2 is 1.83 bits per heavy atom. The highest BCUT2D eigenvalue weighted by molar-refractivity contribution is 5.97. The third-order valence-electron chi connectivity index (χ3n) is 3.72. The second-order valence-electron chi connectivity index (χ2n) is 5.78. The number of methoxy groups -OCH3 is 1. The number of carbonyl (C=O) groups excluding carboxylic acids is 2. The first-order chi connectivity index (χ1) is 10.9. The minimum Gasteiger partial charge on any atom is -0.508 e. The summed E-state index contributed by atoms with van der Waals surface area (Å²) in [4.78, 5) is 24.2. The molecule has 0 aliphatic heterocycles. The molecule has 1 aromatic heterocycles. The van der Waals surface area contributed by atoms with Crippen molar-refractivity contribution >= 4 is 11.8 Å². The molecule has 0 unspecified atom stereocenters. The van der Waals surface area contributed by atoms with Gasteiger partial charge in [0.2, 0.25) is 0 Å². The summed E-state index contributed by atoms with van der Waals surface area (Å²) in [5.74, 6) is -0.261. The van der Waals surface area contributed by atoms with Gasteiger partial charge in [0.05, 0.1) is 7.11 Å². The lowest BCUT2D eigenvalue weighted by molar-refractivity contribution is -0.144. The Bertz CT molecular complexity index is 685. The quantitative estimate of drug-likeness (QED) is 0.657. The first-order valence-corrected chi connectivity index (χ1v) is 7.49. The molecule has 1 aromatic carbocycles. The lowest BCUT2D eigenvalue weighted by Crippen LogP contribution is -2.22. The van der Waals surface area contributed by atoms with E-state index in [9.17, 15) is 14.7 Å². The number of ether oxygens (including phenoxy) is 1. The minimum absolute atomic E-state index is 0.0389. The third kappa shape index (κ3) is 4.00. The Kier molecular flexibility index (Phi) is 5.21. The van der Waals surface area contributed by atoms with E-state index in [0.29, 0.717) is 12.0 Å². The van der Waals surface area contributed by atoms with Crippen molar-refractivity contribution in [2.45, 2.75) is 26.3 Å². The van der Waals surface area contributed by atoms with Crippen molar-refractivity contribution < 1.29 is 19.4 Å². The van der Waals surface area contributed by atoms with Crippen LogP contribution in [0.15, 0.2) is 42.7 Å². The number of ketones is 1. The fourth-order valence-corrected chi connectivity index (χ4v) is 2.39. The number of nitrogens with zero attached hydrogens (tertiary/aromatic N) is 1. The van der Waals surface area contributed by atoms with Gasteiger partial charge in [0.15, 0.2) is 5.78 Å². The van der Waals surface area contributed by atoms with Crippen molar-refractivity contribution in [2.75, 3.05) is 7.11 Å². The molecule has 0 saturated carbocycles. The summed E-state index contributed by atoms with van der Waals surface area (Å²) in [6, 6.07) is 7.83. The molecule has 2 rings (SSSR count). The predicted octanol–water partition coefficient (Wildman–Crippen LogP) is 2.99. The van der Waals surface area contributed by atoms with Crippen molar-refractivity contribution in [3.8, 4) is 5.75 Å². The van der Waals surface area contributed by atoms with Gasteiger partial charge in [-0.3, -0.25) is 4.79 Å². The summed E-state index contributed by atoms with van der Waals surface area (Å²) in [6.07, 6.45) is 3.82. The van der Waals surface area contributed by atoms with E-state index in [4.69, 9.17) is 4.74 Å². The summed E-state index contributed by atoms with van der Waals surface area (Å²) in [5.41, 5.74) is 1.48. The van der Waals surface area contributed by atoms with Gasteiger partial charge in [0, 0.05) is 30.3 Å². The van der Waals surface area contributed by atoms with Crippen molar-refractivity contribution in [2.24, 2.45) is 5.92 Å². The molecule has 0 bridgehead atoms. The molecule has 2 aromatic rings. The Morgan fingerprint density at radius 1 is 1.17 bits per heavy atom. The van der Waals surface area contributed by atoms with Gasteiger partial charge in [0.1, 0.15) is 11.8 Å². The van der Waals surface area contributed by atoms with Gasteiger partial charge in [0.25, 0.3) is 0 Å². The number of hydrogen-bond donors (Lipinski definition) is 1. The molecule has 0 fully saturated rings. The molecule has 5 heteroatoms. The van der Waals surface area contributed by atoms with Gasteiger partial charge in [-0.2, -0.15) is 0 Å². The molecule has 0 saturated heterocycles. The van der Waals surface area contributed by atoms with Crippen LogP contribution < -0.4 is 0 Å². The van der Waals surface area contributed by atoms with Crippen LogP contribution in [-0.4, -0.2) is 28.5 Å². The molecular weight excluding hydrogens is 294 g/mol. The summed E-state index contributed by atoms with van der Waals surface area (Å²) >= 11 is 0. The van der Waals surface area contributed by atoms with E-state index in [1.807, 2.05) is 13.8 Å². The van der Waals surface area contributed by atoms with Crippen LogP contribution in [0.1, 0.15) is 35.8 Å². The van der Waals surface area contributed by atoms with Gasteiger partial charge < -0.3 is 14.4 Å². The summed E-state index contributed by atoms with van der Waals surface area (Å²) in [7, 11) is 1.34. The molecule has 0 aliphatic rings. The Hall–Kier alpha value is -2.56. The fraction of sp³-hybridized carbons (Fsp3) is 0.333. The van der Waals surface area contributed by atoms with Gasteiger partial charge >= 0.3 is 5.97 Å².